The third kappa shape index (κ3) is 7.23. The molecule has 106 valence electrons. The van der Waals surface area contributed by atoms with E-state index in [0.29, 0.717) is 5.06 Å². The molecule has 0 radical (unpaired) electrons. The maximum atomic E-state index is 11.2. The second-order valence-electron chi connectivity index (χ2n) is 3.77. The van der Waals surface area contributed by atoms with Gasteiger partial charge in [-0.1, -0.05) is 0 Å². The van der Waals surface area contributed by atoms with Crippen LogP contribution in [0.15, 0.2) is 4.99 Å². The second-order valence-corrected chi connectivity index (χ2v) is 5.68. The molecule has 0 aromatic carbocycles. The van der Waals surface area contributed by atoms with Gasteiger partial charge in [-0.3, -0.25) is 19.6 Å². The van der Waals surface area contributed by atoms with Gasteiger partial charge in [0.2, 0.25) is 5.91 Å². The highest BCUT2D eigenvalue weighted by atomic mass is 31.2. The van der Waals surface area contributed by atoms with E-state index in [1.165, 1.54) is 0 Å². The third-order valence-corrected chi connectivity index (χ3v) is 3.74. The van der Waals surface area contributed by atoms with Crippen LogP contribution in [0.4, 0.5) is 0 Å². The van der Waals surface area contributed by atoms with Crippen molar-refractivity contribution in [3.05, 3.63) is 0 Å². The van der Waals surface area contributed by atoms with E-state index in [2.05, 4.69) is 4.99 Å². The third-order valence-electron chi connectivity index (χ3n) is 2.27. The van der Waals surface area contributed by atoms with Gasteiger partial charge in [-0.25, -0.2) is 5.06 Å². The largest absolute Gasteiger partial charge is 0.370 e. The van der Waals surface area contributed by atoms with Crippen molar-refractivity contribution in [3.63, 3.8) is 0 Å². The Hall–Kier alpha value is -1.15. The Morgan fingerprint density at radius 3 is 2.33 bits per heavy atom. The van der Waals surface area contributed by atoms with Crippen molar-refractivity contribution in [3.8, 4) is 0 Å². The van der Waals surface area contributed by atoms with Crippen molar-refractivity contribution in [2.45, 2.75) is 25.4 Å². The van der Waals surface area contributed by atoms with Crippen LogP contribution >= 0.6 is 7.60 Å². The first-order valence-electron chi connectivity index (χ1n) is 5.22. The van der Waals surface area contributed by atoms with Gasteiger partial charge in [0.15, 0.2) is 5.96 Å². The molecule has 1 unspecified atom stereocenters. The molecule has 9 nitrogen and oxygen atoms in total. The van der Waals surface area contributed by atoms with Gasteiger partial charge in [0.25, 0.3) is 0 Å². The Kier molecular flexibility index (Phi) is 6.85. The Morgan fingerprint density at radius 2 is 1.94 bits per heavy atom. The Balaban J connectivity index is 4.39. The summed E-state index contributed by atoms with van der Waals surface area (Å²) in [6.45, 7) is 1.06. The number of nitrogens with two attached hydrogens (primary N) is 2. The minimum absolute atomic E-state index is 0.0413. The molecule has 0 saturated carbocycles. The first-order chi connectivity index (χ1) is 8.14. The highest BCUT2D eigenvalue weighted by molar-refractivity contribution is 7.52. The minimum atomic E-state index is -4.32. The molecule has 18 heavy (non-hydrogen) atoms. The van der Waals surface area contributed by atoms with Gasteiger partial charge in [0.05, 0.1) is 5.66 Å². The van der Waals surface area contributed by atoms with Gasteiger partial charge >= 0.3 is 7.60 Å². The van der Waals surface area contributed by atoms with Crippen LogP contribution in [0, 0.1) is 0 Å². The average molecular weight is 282 g/mol. The lowest BCUT2D eigenvalue weighted by Crippen LogP contribution is -2.29. The fourth-order valence-electron chi connectivity index (χ4n) is 1.25. The fraction of sp³-hybridized carbons (Fsp3) is 0.750. The summed E-state index contributed by atoms with van der Waals surface area (Å²) >= 11 is 0. The predicted molar refractivity (Wildman–Crippen MR) is 64.9 cm³/mol. The number of carbonyl (C=O) groups excluding carboxylic acids is 1. The topological polar surface area (TPSA) is 162 Å². The van der Waals surface area contributed by atoms with E-state index in [0.717, 1.165) is 6.92 Å². The molecule has 0 heterocycles. The number of guanidine groups is 1. The molecule has 0 aliphatic rings. The van der Waals surface area contributed by atoms with Crippen LogP contribution in [0.2, 0.25) is 0 Å². The first kappa shape index (κ1) is 16.9. The number of hydroxylamine groups is 2. The molecule has 10 heteroatoms. The highest BCUT2D eigenvalue weighted by Gasteiger charge is 2.28. The molecule has 0 aromatic heterocycles. The highest BCUT2D eigenvalue weighted by Crippen LogP contribution is 2.44. The number of aliphatic imine (C=N–C) groups is 1. The maximum absolute atomic E-state index is 11.2. The predicted octanol–water partition coefficient (Wildman–Crippen LogP) is -1.18. The van der Waals surface area contributed by atoms with E-state index in [9.17, 15) is 9.36 Å². The molecular formula is C8H19N4O5P. The standard InChI is InChI=1S/C8H19N4O5P/c1-6(13)12(14)5-3-7(18(15,16)17)2-4-11-8(9)10/h7,14H,2-5H2,1H3,(H4,9,10,11)(H2,15,16,17). The molecule has 0 spiro atoms. The van der Waals surface area contributed by atoms with E-state index in [1.807, 2.05) is 0 Å². The van der Waals surface area contributed by atoms with Crippen LogP contribution in [0.3, 0.4) is 0 Å². The lowest BCUT2D eigenvalue weighted by molar-refractivity contribution is -0.162. The monoisotopic (exact) mass is 282 g/mol. The lowest BCUT2D eigenvalue weighted by Gasteiger charge is -2.20. The number of nitrogens with zero attached hydrogens (tertiary/aromatic N) is 2. The number of carbonyl (C=O) groups is 1. The summed E-state index contributed by atoms with van der Waals surface area (Å²) in [6.07, 6.45) is 0.0221. The molecule has 0 aromatic rings. The van der Waals surface area contributed by atoms with Gasteiger partial charge in [-0.05, 0) is 12.8 Å². The average Bonchev–Trinajstić information content (AvgIpc) is 2.19. The van der Waals surface area contributed by atoms with Crippen LogP contribution in [0.25, 0.3) is 0 Å². The van der Waals surface area contributed by atoms with Crippen LogP contribution in [-0.4, -0.2) is 50.7 Å². The SMILES string of the molecule is CC(=O)N(O)CCC(CCN=C(N)N)P(=O)(O)O. The molecule has 0 rings (SSSR count). The Bertz CT molecular complexity index is 351. The summed E-state index contributed by atoms with van der Waals surface area (Å²) in [4.78, 5) is 32.6. The van der Waals surface area contributed by atoms with Crippen molar-refractivity contribution in [2.75, 3.05) is 13.1 Å². The van der Waals surface area contributed by atoms with Crippen molar-refractivity contribution >= 4 is 19.5 Å². The summed E-state index contributed by atoms with van der Waals surface area (Å²) in [5.41, 5.74) is 9.18. The zero-order chi connectivity index (χ0) is 14.3. The number of hydrogen-bond acceptors (Lipinski definition) is 4. The normalized spacial score (nSPS) is 12.9. The molecule has 7 N–H and O–H groups in total. The van der Waals surface area contributed by atoms with Crippen LogP contribution in [0.1, 0.15) is 19.8 Å². The van der Waals surface area contributed by atoms with Gasteiger partial charge in [0, 0.05) is 20.0 Å². The Labute approximate surface area is 105 Å². The zero-order valence-corrected chi connectivity index (χ0v) is 11.0. The van der Waals surface area contributed by atoms with Crippen LogP contribution in [0.5, 0.6) is 0 Å². The van der Waals surface area contributed by atoms with E-state index in [4.69, 9.17) is 26.5 Å². The first-order valence-corrected chi connectivity index (χ1v) is 6.90. The summed E-state index contributed by atoms with van der Waals surface area (Å²) < 4.78 is 11.2. The minimum Gasteiger partial charge on any atom is -0.370 e. The zero-order valence-electron chi connectivity index (χ0n) is 10.1. The fourth-order valence-corrected chi connectivity index (χ4v) is 2.16. The lowest BCUT2D eigenvalue weighted by atomic mass is 10.2. The van der Waals surface area contributed by atoms with E-state index in [-0.39, 0.29) is 31.9 Å². The van der Waals surface area contributed by atoms with E-state index >= 15 is 0 Å². The number of amides is 1. The van der Waals surface area contributed by atoms with Crippen molar-refractivity contribution in [1.29, 1.82) is 0 Å². The van der Waals surface area contributed by atoms with Gasteiger partial charge in [-0.2, -0.15) is 0 Å². The van der Waals surface area contributed by atoms with E-state index < -0.39 is 19.2 Å². The van der Waals surface area contributed by atoms with Crippen LogP contribution < -0.4 is 11.5 Å². The van der Waals surface area contributed by atoms with E-state index in [1.54, 1.807) is 0 Å². The molecule has 0 bridgehead atoms. The Morgan fingerprint density at radius 1 is 1.39 bits per heavy atom. The molecule has 0 aliphatic heterocycles. The molecule has 1 atom stereocenters. The van der Waals surface area contributed by atoms with Gasteiger partial charge < -0.3 is 21.3 Å². The molecule has 1 amide bonds. The molecule has 0 aliphatic carbocycles. The molecule has 0 fully saturated rings. The van der Waals surface area contributed by atoms with Crippen LogP contribution in [-0.2, 0) is 9.36 Å². The summed E-state index contributed by atoms with van der Waals surface area (Å²) in [7, 11) is -4.32. The number of hydrogen-bond donors (Lipinski definition) is 5. The second kappa shape index (κ2) is 7.32. The smallest absolute Gasteiger partial charge is 0.328 e. The summed E-state index contributed by atoms with van der Waals surface area (Å²) in [6, 6.07) is 0. The number of rotatable bonds is 7. The molecule has 0 saturated heterocycles. The van der Waals surface area contributed by atoms with Gasteiger partial charge in [-0.15, -0.1) is 0 Å². The van der Waals surface area contributed by atoms with Crippen molar-refractivity contribution < 1.29 is 24.4 Å². The molecular weight excluding hydrogens is 263 g/mol. The summed E-state index contributed by atoms with van der Waals surface area (Å²) in [5, 5.41) is 9.52. The van der Waals surface area contributed by atoms with Gasteiger partial charge in [0.1, 0.15) is 0 Å². The van der Waals surface area contributed by atoms with Crippen molar-refractivity contribution in [2.24, 2.45) is 16.5 Å². The maximum Gasteiger partial charge on any atom is 0.328 e. The van der Waals surface area contributed by atoms with Crippen molar-refractivity contribution in [1.82, 2.24) is 5.06 Å². The quantitative estimate of drug-likeness (QED) is 0.129. The summed E-state index contributed by atoms with van der Waals surface area (Å²) in [5.74, 6) is -0.754.